The minimum atomic E-state index is -0.167. The van der Waals surface area contributed by atoms with Crippen LogP contribution in [-0.2, 0) is 17.6 Å². The predicted octanol–water partition coefficient (Wildman–Crippen LogP) is 3.77. The van der Waals surface area contributed by atoms with E-state index in [4.69, 9.17) is 4.74 Å². The van der Waals surface area contributed by atoms with E-state index in [2.05, 4.69) is 13.8 Å². The molecule has 0 bridgehead atoms. The highest BCUT2D eigenvalue weighted by Crippen LogP contribution is 2.19. The van der Waals surface area contributed by atoms with Crippen molar-refractivity contribution in [2.45, 2.75) is 46.5 Å². The van der Waals surface area contributed by atoms with E-state index in [1.807, 2.05) is 25.1 Å². The summed E-state index contributed by atoms with van der Waals surface area (Å²) in [6.45, 7) is 6.54. The van der Waals surface area contributed by atoms with Gasteiger partial charge in [-0.2, -0.15) is 0 Å². The van der Waals surface area contributed by atoms with Gasteiger partial charge in [0.2, 0.25) is 0 Å². The van der Waals surface area contributed by atoms with Gasteiger partial charge in [-0.3, -0.25) is 0 Å². The van der Waals surface area contributed by atoms with Gasteiger partial charge in [0.25, 0.3) is 0 Å². The van der Waals surface area contributed by atoms with Crippen molar-refractivity contribution in [1.29, 1.82) is 0 Å². The van der Waals surface area contributed by atoms with E-state index < -0.39 is 0 Å². The lowest BCUT2D eigenvalue weighted by atomic mass is 9.95. The molecule has 0 saturated carbocycles. The lowest BCUT2D eigenvalue weighted by Crippen LogP contribution is -2.11. The summed E-state index contributed by atoms with van der Waals surface area (Å²) in [6, 6.07) is 6.11. The zero-order valence-electron chi connectivity index (χ0n) is 11.1. The number of aryl methyl sites for hydroxylation is 2. The third kappa shape index (κ3) is 3.58. The van der Waals surface area contributed by atoms with Gasteiger partial charge in [0.05, 0.1) is 12.2 Å². The molecular formula is C15H22O2. The van der Waals surface area contributed by atoms with Gasteiger partial charge in [0.1, 0.15) is 0 Å². The SMILES string of the molecule is CCCc1cccc(CCC)c1C(=O)OCC. The molecule has 0 aliphatic rings. The monoisotopic (exact) mass is 234 g/mol. The summed E-state index contributed by atoms with van der Waals surface area (Å²) in [6.07, 6.45) is 3.96. The van der Waals surface area contributed by atoms with Gasteiger partial charge in [0, 0.05) is 0 Å². The number of hydrogen-bond donors (Lipinski definition) is 0. The quantitative estimate of drug-likeness (QED) is 0.700. The second kappa shape index (κ2) is 7.10. The van der Waals surface area contributed by atoms with Crippen LogP contribution in [0.15, 0.2) is 18.2 Å². The molecule has 0 fully saturated rings. The number of hydrogen-bond acceptors (Lipinski definition) is 2. The molecule has 1 rings (SSSR count). The second-order valence-corrected chi connectivity index (χ2v) is 4.17. The average Bonchev–Trinajstić information content (AvgIpc) is 2.30. The first kappa shape index (κ1) is 13.8. The molecule has 0 heterocycles. The van der Waals surface area contributed by atoms with E-state index in [9.17, 15) is 4.79 Å². The molecule has 0 saturated heterocycles. The van der Waals surface area contributed by atoms with Gasteiger partial charge in [0.15, 0.2) is 0 Å². The van der Waals surface area contributed by atoms with Crippen molar-refractivity contribution < 1.29 is 9.53 Å². The van der Waals surface area contributed by atoms with E-state index in [1.165, 1.54) is 0 Å². The zero-order valence-corrected chi connectivity index (χ0v) is 11.1. The molecule has 0 radical (unpaired) electrons. The van der Waals surface area contributed by atoms with Gasteiger partial charge in [-0.05, 0) is 30.9 Å². The van der Waals surface area contributed by atoms with Crippen molar-refractivity contribution >= 4 is 5.97 Å². The summed E-state index contributed by atoms with van der Waals surface area (Å²) >= 11 is 0. The van der Waals surface area contributed by atoms with Gasteiger partial charge < -0.3 is 4.74 Å². The molecule has 94 valence electrons. The maximum absolute atomic E-state index is 12.0. The fraction of sp³-hybridized carbons (Fsp3) is 0.533. The van der Waals surface area contributed by atoms with Crippen LogP contribution in [0.4, 0.5) is 0 Å². The topological polar surface area (TPSA) is 26.3 Å². The summed E-state index contributed by atoms with van der Waals surface area (Å²) in [4.78, 5) is 12.0. The Morgan fingerprint density at radius 1 is 1.06 bits per heavy atom. The van der Waals surface area contributed by atoms with Gasteiger partial charge in [-0.15, -0.1) is 0 Å². The third-order valence-corrected chi connectivity index (χ3v) is 2.76. The fourth-order valence-electron chi connectivity index (χ4n) is 2.07. The number of ether oxygens (including phenoxy) is 1. The van der Waals surface area contributed by atoms with Gasteiger partial charge in [-0.1, -0.05) is 44.9 Å². The average molecular weight is 234 g/mol. The smallest absolute Gasteiger partial charge is 0.338 e. The lowest BCUT2D eigenvalue weighted by molar-refractivity contribution is 0.0524. The Bertz CT molecular complexity index is 345. The van der Waals surface area contributed by atoms with Crippen LogP contribution in [0.25, 0.3) is 0 Å². The highest BCUT2D eigenvalue weighted by atomic mass is 16.5. The normalized spacial score (nSPS) is 10.3. The van der Waals surface area contributed by atoms with Crippen LogP contribution < -0.4 is 0 Å². The molecule has 0 aliphatic heterocycles. The summed E-state index contributed by atoms with van der Waals surface area (Å²) in [5, 5.41) is 0. The highest BCUT2D eigenvalue weighted by Gasteiger charge is 2.16. The molecule has 1 aromatic rings. The first-order valence-electron chi connectivity index (χ1n) is 6.52. The van der Waals surface area contributed by atoms with Crippen molar-refractivity contribution in [3.8, 4) is 0 Å². The Kier molecular flexibility index (Phi) is 5.75. The second-order valence-electron chi connectivity index (χ2n) is 4.17. The maximum Gasteiger partial charge on any atom is 0.338 e. The van der Waals surface area contributed by atoms with Gasteiger partial charge in [-0.25, -0.2) is 4.79 Å². The van der Waals surface area contributed by atoms with Crippen LogP contribution in [-0.4, -0.2) is 12.6 Å². The molecule has 0 amide bonds. The number of carbonyl (C=O) groups is 1. The summed E-state index contributed by atoms with van der Waals surface area (Å²) in [7, 11) is 0. The minimum absolute atomic E-state index is 0.167. The summed E-state index contributed by atoms with van der Waals surface area (Å²) in [5.74, 6) is -0.167. The predicted molar refractivity (Wildman–Crippen MR) is 70.4 cm³/mol. The van der Waals surface area contributed by atoms with E-state index in [0.717, 1.165) is 42.4 Å². The molecule has 0 N–H and O–H groups in total. The first-order chi connectivity index (χ1) is 8.24. The Hall–Kier alpha value is -1.31. The standard InChI is InChI=1S/C15H22O2/c1-4-8-12-10-7-11-13(9-5-2)14(12)15(16)17-6-3/h7,10-11H,4-6,8-9H2,1-3H3. The number of rotatable bonds is 6. The fourth-order valence-corrected chi connectivity index (χ4v) is 2.07. The first-order valence-corrected chi connectivity index (χ1v) is 6.52. The molecule has 0 aliphatic carbocycles. The van der Waals surface area contributed by atoms with Crippen molar-refractivity contribution in [3.63, 3.8) is 0 Å². The minimum Gasteiger partial charge on any atom is -0.462 e. The molecule has 2 nitrogen and oxygen atoms in total. The molecule has 1 aromatic carbocycles. The van der Waals surface area contributed by atoms with Crippen LogP contribution in [0.3, 0.4) is 0 Å². The molecule has 0 unspecified atom stereocenters. The van der Waals surface area contributed by atoms with Crippen molar-refractivity contribution in [2.75, 3.05) is 6.61 Å². The number of benzene rings is 1. The molecule has 0 aromatic heterocycles. The van der Waals surface area contributed by atoms with E-state index >= 15 is 0 Å². The van der Waals surface area contributed by atoms with E-state index in [-0.39, 0.29) is 5.97 Å². The van der Waals surface area contributed by atoms with Crippen molar-refractivity contribution in [1.82, 2.24) is 0 Å². The largest absolute Gasteiger partial charge is 0.462 e. The Balaban J connectivity index is 3.12. The summed E-state index contributed by atoms with van der Waals surface area (Å²) in [5.41, 5.74) is 3.05. The molecule has 17 heavy (non-hydrogen) atoms. The van der Waals surface area contributed by atoms with Crippen molar-refractivity contribution in [2.24, 2.45) is 0 Å². The number of esters is 1. The lowest BCUT2D eigenvalue weighted by Gasteiger charge is -2.13. The van der Waals surface area contributed by atoms with Gasteiger partial charge >= 0.3 is 5.97 Å². The summed E-state index contributed by atoms with van der Waals surface area (Å²) < 4.78 is 5.16. The van der Waals surface area contributed by atoms with Crippen LogP contribution in [0.1, 0.15) is 55.1 Å². The Morgan fingerprint density at radius 2 is 1.59 bits per heavy atom. The van der Waals surface area contributed by atoms with Crippen LogP contribution in [0.5, 0.6) is 0 Å². The molecule has 0 atom stereocenters. The third-order valence-electron chi connectivity index (χ3n) is 2.76. The molecule has 2 heteroatoms. The number of carbonyl (C=O) groups excluding carboxylic acids is 1. The highest BCUT2D eigenvalue weighted by molar-refractivity contribution is 5.92. The van der Waals surface area contributed by atoms with Crippen molar-refractivity contribution in [3.05, 3.63) is 34.9 Å². The van der Waals surface area contributed by atoms with E-state index in [0.29, 0.717) is 6.61 Å². The molecular weight excluding hydrogens is 212 g/mol. The zero-order chi connectivity index (χ0) is 12.7. The maximum atomic E-state index is 12.0. The van der Waals surface area contributed by atoms with Crippen LogP contribution in [0.2, 0.25) is 0 Å². The molecule has 0 spiro atoms. The Morgan fingerprint density at radius 3 is 2.00 bits per heavy atom. The van der Waals surface area contributed by atoms with Crippen LogP contribution >= 0.6 is 0 Å². The van der Waals surface area contributed by atoms with E-state index in [1.54, 1.807) is 0 Å². The van der Waals surface area contributed by atoms with Crippen LogP contribution in [0, 0.1) is 0 Å². The Labute approximate surface area is 104 Å².